The fourth-order valence-electron chi connectivity index (χ4n) is 3.68. The van der Waals surface area contributed by atoms with Gasteiger partial charge in [0.15, 0.2) is 5.75 Å². The summed E-state index contributed by atoms with van der Waals surface area (Å²) >= 11 is 5.90. The zero-order valence-electron chi connectivity index (χ0n) is 16.1. The van der Waals surface area contributed by atoms with E-state index in [-0.39, 0.29) is 24.3 Å². The van der Waals surface area contributed by atoms with Crippen molar-refractivity contribution >= 4 is 34.1 Å². The standard InChI is InChI=1S/C22H18ClFN4O2/c1-12-5-6-20(25-9-12)28-13(10-29)11-30-21-14(3-2-4-19(21)28)22-26-17-7-15(23)16(24)8-18(17)27-22/h2-9,13,29H,10-11H2,1H3,(H,26,27)/t13-/m0/s1. The van der Waals surface area contributed by atoms with Gasteiger partial charge < -0.3 is 19.7 Å². The molecule has 5 rings (SSSR count). The maximum atomic E-state index is 13.8. The first-order chi connectivity index (χ1) is 14.5. The quantitative estimate of drug-likeness (QED) is 0.502. The first kappa shape index (κ1) is 18.8. The summed E-state index contributed by atoms with van der Waals surface area (Å²) in [4.78, 5) is 14.2. The number of aliphatic hydroxyl groups excluding tert-OH is 1. The monoisotopic (exact) mass is 424 g/mol. The van der Waals surface area contributed by atoms with Crippen molar-refractivity contribution in [1.29, 1.82) is 0 Å². The highest BCUT2D eigenvalue weighted by Crippen LogP contribution is 2.44. The molecule has 0 amide bonds. The second kappa shape index (κ2) is 7.27. The van der Waals surface area contributed by atoms with Crippen molar-refractivity contribution in [3.63, 3.8) is 0 Å². The number of aromatic nitrogens is 3. The van der Waals surface area contributed by atoms with Crippen LogP contribution in [0, 0.1) is 12.7 Å². The van der Waals surface area contributed by atoms with Crippen LogP contribution in [0.4, 0.5) is 15.9 Å². The van der Waals surface area contributed by atoms with E-state index in [0.29, 0.717) is 22.6 Å². The number of nitrogens with zero attached hydrogens (tertiary/aromatic N) is 3. The van der Waals surface area contributed by atoms with E-state index in [1.165, 1.54) is 12.1 Å². The van der Waals surface area contributed by atoms with Gasteiger partial charge in [0, 0.05) is 12.3 Å². The number of halogens is 2. The summed E-state index contributed by atoms with van der Waals surface area (Å²) in [5.74, 6) is 1.38. The molecule has 1 atom stereocenters. The summed E-state index contributed by atoms with van der Waals surface area (Å²) in [6.45, 7) is 2.18. The Labute approximate surface area is 176 Å². The number of hydrogen-bond acceptors (Lipinski definition) is 5. The smallest absolute Gasteiger partial charge is 0.154 e. The Morgan fingerprint density at radius 3 is 2.93 bits per heavy atom. The van der Waals surface area contributed by atoms with E-state index in [2.05, 4.69) is 15.0 Å². The second-order valence-electron chi connectivity index (χ2n) is 7.23. The largest absolute Gasteiger partial charge is 0.488 e. The van der Waals surface area contributed by atoms with Crippen molar-refractivity contribution in [3.8, 4) is 17.1 Å². The lowest BCUT2D eigenvalue weighted by molar-refractivity contribution is 0.195. The van der Waals surface area contributed by atoms with Crippen molar-refractivity contribution in [2.45, 2.75) is 13.0 Å². The van der Waals surface area contributed by atoms with Crippen LogP contribution in [0.5, 0.6) is 5.75 Å². The maximum Gasteiger partial charge on any atom is 0.154 e. The molecule has 8 heteroatoms. The van der Waals surface area contributed by atoms with Gasteiger partial charge in [-0.3, -0.25) is 0 Å². The Morgan fingerprint density at radius 2 is 2.17 bits per heavy atom. The second-order valence-corrected chi connectivity index (χ2v) is 7.64. The molecule has 0 spiro atoms. The number of rotatable bonds is 3. The number of fused-ring (bicyclic) bond motifs is 2. The number of ether oxygens (including phenoxy) is 1. The molecular formula is C22H18ClFN4O2. The number of aryl methyl sites for hydroxylation is 1. The molecule has 2 aromatic heterocycles. The Kier molecular flexibility index (Phi) is 4.56. The number of benzene rings is 2. The molecule has 3 heterocycles. The van der Waals surface area contributed by atoms with Crippen LogP contribution in [0.25, 0.3) is 22.4 Å². The molecule has 30 heavy (non-hydrogen) atoms. The molecule has 0 radical (unpaired) electrons. The lowest BCUT2D eigenvalue weighted by atomic mass is 10.1. The molecule has 152 valence electrons. The molecule has 1 aliphatic rings. The Morgan fingerprint density at radius 1 is 1.30 bits per heavy atom. The van der Waals surface area contributed by atoms with Gasteiger partial charge in [-0.05, 0) is 36.8 Å². The molecule has 0 saturated carbocycles. The number of aliphatic hydroxyl groups is 1. The van der Waals surface area contributed by atoms with E-state index in [1.54, 1.807) is 6.20 Å². The Balaban J connectivity index is 1.65. The lowest BCUT2D eigenvalue weighted by Gasteiger charge is -2.37. The van der Waals surface area contributed by atoms with Crippen molar-refractivity contribution < 1.29 is 14.2 Å². The minimum atomic E-state index is -0.506. The number of aromatic amines is 1. The molecule has 6 nitrogen and oxygen atoms in total. The average molecular weight is 425 g/mol. The Bertz CT molecular complexity index is 1200. The Hall–Kier alpha value is -3.16. The minimum Gasteiger partial charge on any atom is -0.488 e. The van der Waals surface area contributed by atoms with E-state index in [0.717, 1.165) is 22.6 Å². The van der Waals surface area contributed by atoms with Gasteiger partial charge in [-0.1, -0.05) is 23.7 Å². The van der Waals surface area contributed by atoms with E-state index in [9.17, 15) is 9.50 Å². The van der Waals surface area contributed by atoms with Crippen molar-refractivity contribution in [1.82, 2.24) is 15.0 Å². The van der Waals surface area contributed by atoms with Gasteiger partial charge in [0.2, 0.25) is 0 Å². The van der Waals surface area contributed by atoms with Crippen LogP contribution in [0.15, 0.2) is 48.7 Å². The van der Waals surface area contributed by atoms with E-state index in [1.807, 2.05) is 42.2 Å². The molecular weight excluding hydrogens is 407 g/mol. The summed E-state index contributed by atoms with van der Waals surface area (Å²) in [5, 5.41) is 9.94. The van der Waals surface area contributed by atoms with E-state index < -0.39 is 5.82 Å². The minimum absolute atomic E-state index is 0.0225. The third-order valence-electron chi connectivity index (χ3n) is 5.17. The molecule has 0 unspecified atom stereocenters. The number of H-pyrrole nitrogens is 1. The molecule has 2 aromatic carbocycles. The number of para-hydroxylation sites is 1. The zero-order chi connectivity index (χ0) is 20.8. The highest BCUT2D eigenvalue weighted by Gasteiger charge is 2.31. The number of pyridine rings is 1. The van der Waals surface area contributed by atoms with Crippen LogP contribution < -0.4 is 9.64 Å². The predicted octanol–water partition coefficient (Wildman–Crippen LogP) is 4.62. The summed E-state index contributed by atoms with van der Waals surface area (Å²) in [6, 6.07) is 12.1. The predicted molar refractivity (Wildman–Crippen MR) is 114 cm³/mol. The van der Waals surface area contributed by atoms with Crippen LogP contribution in [-0.2, 0) is 0 Å². The maximum absolute atomic E-state index is 13.8. The first-order valence-corrected chi connectivity index (χ1v) is 9.86. The third-order valence-corrected chi connectivity index (χ3v) is 5.46. The highest BCUT2D eigenvalue weighted by atomic mass is 35.5. The van der Waals surface area contributed by atoms with Gasteiger partial charge in [-0.15, -0.1) is 0 Å². The fraction of sp³-hybridized carbons (Fsp3) is 0.182. The molecule has 0 fully saturated rings. The highest BCUT2D eigenvalue weighted by molar-refractivity contribution is 6.31. The summed E-state index contributed by atoms with van der Waals surface area (Å²) < 4.78 is 19.9. The van der Waals surface area contributed by atoms with E-state index >= 15 is 0 Å². The van der Waals surface area contributed by atoms with Gasteiger partial charge in [-0.25, -0.2) is 14.4 Å². The first-order valence-electron chi connectivity index (χ1n) is 9.49. The van der Waals surface area contributed by atoms with Gasteiger partial charge in [0.05, 0.1) is 40.0 Å². The van der Waals surface area contributed by atoms with Crippen LogP contribution >= 0.6 is 11.6 Å². The molecule has 2 N–H and O–H groups in total. The van der Waals surface area contributed by atoms with E-state index in [4.69, 9.17) is 16.3 Å². The molecule has 0 saturated heterocycles. The topological polar surface area (TPSA) is 74.3 Å². The van der Waals surface area contributed by atoms with Gasteiger partial charge >= 0.3 is 0 Å². The number of anilines is 2. The number of nitrogens with one attached hydrogen (secondary N) is 1. The fourth-order valence-corrected chi connectivity index (χ4v) is 3.84. The summed E-state index contributed by atoms with van der Waals surface area (Å²) in [6.07, 6.45) is 1.79. The molecule has 0 bridgehead atoms. The zero-order valence-corrected chi connectivity index (χ0v) is 16.8. The van der Waals surface area contributed by atoms with Gasteiger partial charge in [-0.2, -0.15) is 0 Å². The average Bonchev–Trinajstić information content (AvgIpc) is 3.16. The lowest BCUT2D eigenvalue weighted by Crippen LogP contribution is -2.43. The molecule has 4 aromatic rings. The summed E-state index contributed by atoms with van der Waals surface area (Å²) in [7, 11) is 0. The SMILES string of the molecule is Cc1ccc(N2c3cccc(-c4nc5cc(Cl)c(F)cc5[nH]4)c3OC[C@@H]2CO)nc1. The number of imidazole rings is 1. The van der Waals surface area contributed by atoms with Gasteiger partial charge in [0.1, 0.15) is 24.1 Å². The van der Waals surface area contributed by atoms with Crippen molar-refractivity contribution in [3.05, 3.63) is 65.1 Å². The number of hydrogen-bond donors (Lipinski definition) is 2. The van der Waals surface area contributed by atoms with Crippen LogP contribution in [-0.4, -0.2) is 39.3 Å². The molecule has 1 aliphatic heterocycles. The van der Waals surface area contributed by atoms with Crippen LogP contribution in [0.1, 0.15) is 5.56 Å². The normalized spacial score (nSPS) is 15.9. The van der Waals surface area contributed by atoms with Crippen LogP contribution in [0.2, 0.25) is 5.02 Å². The van der Waals surface area contributed by atoms with Crippen LogP contribution in [0.3, 0.4) is 0 Å². The summed E-state index contributed by atoms with van der Waals surface area (Å²) in [5.41, 5.74) is 3.67. The van der Waals surface area contributed by atoms with Crippen molar-refractivity contribution in [2.24, 2.45) is 0 Å². The van der Waals surface area contributed by atoms with Crippen molar-refractivity contribution in [2.75, 3.05) is 18.1 Å². The molecule has 0 aliphatic carbocycles. The van der Waals surface area contributed by atoms with Gasteiger partial charge in [0.25, 0.3) is 0 Å². The third kappa shape index (κ3) is 3.07.